The molecule has 1 rings (SSSR count). The number of hydrogen-bond donors (Lipinski definition) is 2. The summed E-state index contributed by atoms with van der Waals surface area (Å²) in [6, 6.07) is 1.20. The van der Waals surface area contributed by atoms with Gasteiger partial charge >= 0.3 is 0 Å². The van der Waals surface area contributed by atoms with Crippen molar-refractivity contribution in [1.29, 1.82) is 0 Å². The fraction of sp³-hybridized carbons (Fsp3) is 0.500. The number of nitro groups is 1. The van der Waals surface area contributed by atoms with E-state index in [1.165, 1.54) is 12.3 Å². The third kappa shape index (κ3) is 4.46. The number of hydrogen-bond acceptors (Lipinski definition) is 4. The van der Waals surface area contributed by atoms with Crippen molar-refractivity contribution in [2.45, 2.75) is 11.2 Å². The van der Waals surface area contributed by atoms with Gasteiger partial charge in [0.2, 0.25) is 0 Å². The Morgan fingerprint density at radius 1 is 1.72 bits per heavy atom. The predicted molar refractivity (Wildman–Crippen MR) is 69.0 cm³/mol. The number of nitrogens with zero attached hydrogens (tertiary/aromatic N) is 1. The zero-order chi connectivity index (χ0) is 13.5. The smallest absolute Gasteiger partial charge is 0.287 e. The Bertz CT molecular complexity index is 421. The van der Waals surface area contributed by atoms with Crippen molar-refractivity contribution in [3.63, 3.8) is 0 Å². The number of methoxy groups -OCH3 is 1. The lowest BCUT2D eigenvalue weighted by Gasteiger charge is -2.08. The number of halogens is 1. The minimum Gasteiger partial charge on any atom is -0.384 e. The van der Waals surface area contributed by atoms with Gasteiger partial charge in [-0.2, -0.15) is 0 Å². The van der Waals surface area contributed by atoms with E-state index in [2.05, 4.69) is 26.2 Å². The van der Waals surface area contributed by atoms with E-state index in [1.54, 1.807) is 7.11 Å². The summed E-state index contributed by atoms with van der Waals surface area (Å²) in [4.78, 5) is 24.2. The highest BCUT2D eigenvalue weighted by Gasteiger charge is 2.14. The standard InChI is InChI=1S/C10H14BrN3O4/c1-18-6-7(11)2-3-12-10(15)9-4-8(5-13-9)14(16)17/h4-5,7,13H,2-3,6H2,1H3,(H,12,15). The van der Waals surface area contributed by atoms with Gasteiger partial charge in [-0.15, -0.1) is 0 Å². The van der Waals surface area contributed by atoms with E-state index in [0.717, 1.165) is 0 Å². The van der Waals surface area contributed by atoms with Crippen molar-refractivity contribution in [1.82, 2.24) is 10.3 Å². The SMILES string of the molecule is COCC(Br)CCNC(=O)c1cc([N+](=O)[O-])c[nH]1. The Morgan fingerprint density at radius 3 is 3.00 bits per heavy atom. The fourth-order valence-corrected chi connectivity index (χ4v) is 1.81. The van der Waals surface area contributed by atoms with E-state index in [4.69, 9.17) is 4.74 Å². The van der Waals surface area contributed by atoms with E-state index in [-0.39, 0.29) is 22.1 Å². The lowest BCUT2D eigenvalue weighted by Crippen LogP contribution is -2.27. The normalized spacial score (nSPS) is 12.1. The number of aromatic amines is 1. The van der Waals surface area contributed by atoms with Gasteiger partial charge in [0.1, 0.15) is 5.69 Å². The molecule has 0 aliphatic rings. The molecule has 0 saturated heterocycles. The number of aromatic nitrogens is 1. The highest BCUT2D eigenvalue weighted by atomic mass is 79.9. The Labute approximate surface area is 112 Å². The Morgan fingerprint density at radius 2 is 2.44 bits per heavy atom. The van der Waals surface area contributed by atoms with E-state index < -0.39 is 4.92 Å². The van der Waals surface area contributed by atoms with Crippen LogP contribution in [-0.4, -0.2) is 40.9 Å². The molecule has 100 valence electrons. The maximum atomic E-state index is 11.6. The second-order valence-electron chi connectivity index (χ2n) is 3.63. The highest BCUT2D eigenvalue weighted by molar-refractivity contribution is 9.09. The number of carbonyl (C=O) groups is 1. The molecule has 2 N–H and O–H groups in total. The number of ether oxygens (including phenoxy) is 1. The molecule has 1 aromatic heterocycles. The minimum absolute atomic E-state index is 0.127. The molecule has 1 heterocycles. The summed E-state index contributed by atoms with van der Waals surface area (Å²) in [5.41, 5.74) is 0.0532. The van der Waals surface area contributed by atoms with Crippen LogP contribution in [0.3, 0.4) is 0 Å². The number of H-pyrrole nitrogens is 1. The van der Waals surface area contributed by atoms with Crippen LogP contribution in [0.15, 0.2) is 12.3 Å². The molecule has 1 atom stereocenters. The van der Waals surface area contributed by atoms with Crippen LogP contribution in [0.1, 0.15) is 16.9 Å². The van der Waals surface area contributed by atoms with Gasteiger partial charge in [0, 0.05) is 24.5 Å². The molecule has 18 heavy (non-hydrogen) atoms. The molecule has 0 bridgehead atoms. The van der Waals surface area contributed by atoms with Crippen molar-refractivity contribution in [3.05, 3.63) is 28.1 Å². The summed E-state index contributed by atoms with van der Waals surface area (Å²) in [5.74, 6) is -0.361. The van der Waals surface area contributed by atoms with Crippen molar-refractivity contribution in [2.75, 3.05) is 20.3 Å². The van der Waals surface area contributed by atoms with E-state index in [0.29, 0.717) is 19.6 Å². The summed E-state index contributed by atoms with van der Waals surface area (Å²) in [7, 11) is 1.60. The van der Waals surface area contributed by atoms with Crippen molar-refractivity contribution >= 4 is 27.5 Å². The Balaban J connectivity index is 2.38. The molecule has 0 aromatic carbocycles. The third-order valence-electron chi connectivity index (χ3n) is 2.21. The predicted octanol–water partition coefficient (Wildman–Crippen LogP) is 1.45. The molecule has 1 unspecified atom stereocenters. The monoisotopic (exact) mass is 319 g/mol. The van der Waals surface area contributed by atoms with Crippen molar-refractivity contribution in [2.24, 2.45) is 0 Å². The molecule has 7 nitrogen and oxygen atoms in total. The molecule has 1 amide bonds. The van der Waals surface area contributed by atoms with Gasteiger partial charge in [-0.25, -0.2) is 0 Å². The van der Waals surface area contributed by atoms with Gasteiger partial charge in [-0.3, -0.25) is 14.9 Å². The van der Waals surface area contributed by atoms with Crippen LogP contribution in [0.4, 0.5) is 5.69 Å². The first-order chi connectivity index (χ1) is 8.54. The number of nitrogens with one attached hydrogen (secondary N) is 2. The molecular weight excluding hydrogens is 306 g/mol. The lowest BCUT2D eigenvalue weighted by molar-refractivity contribution is -0.384. The molecule has 8 heteroatoms. The van der Waals surface area contributed by atoms with Gasteiger partial charge in [-0.1, -0.05) is 15.9 Å². The molecule has 0 aliphatic heterocycles. The lowest BCUT2D eigenvalue weighted by atomic mass is 10.3. The topological polar surface area (TPSA) is 97.3 Å². The fourth-order valence-electron chi connectivity index (χ4n) is 1.32. The van der Waals surface area contributed by atoms with Crippen LogP contribution in [0.25, 0.3) is 0 Å². The quantitative estimate of drug-likeness (QED) is 0.451. The highest BCUT2D eigenvalue weighted by Crippen LogP contribution is 2.12. The molecule has 0 spiro atoms. The molecule has 0 fully saturated rings. The van der Waals surface area contributed by atoms with E-state index in [9.17, 15) is 14.9 Å². The van der Waals surface area contributed by atoms with Crippen LogP contribution in [0.2, 0.25) is 0 Å². The first-order valence-electron chi connectivity index (χ1n) is 5.28. The second-order valence-corrected chi connectivity index (χ2v) is 4.92. The largest absolute Gasteiger partial charge is 0.384 e. The number of carbonyl (C=O) groups excluding carboxylic acids is 1. The zero-order valence-corrected chi connectivity index (χ0v) is 11.4. The van der Waals surface area contributed by atoms with Gasteiger partial charge in [-0.05, 0) is 6.42 Å². The first kappa shape index (κ1) is 14.7. The van der Waals surface area contributed by atoms with Crippen LogP contribution in [-0.2, 0) is 4.74 Å². The average Bonchev–Trinajstić information content (AvgIpc) is 2.78. The van der Waals surface area contributed by atoms with E-state index >= 15 is 0 Å². The molecule has 0 radical (unpaired) electrons. The van der Waals surface area contributed by atoms with Crippen molar-refractivity contribution in [3.8, 4) is 0 Å². The zero-order valence-electron chi connectivity index (χ0n) is 9.81. The summed E-state index contributed by atoms with van der Waals surface area (Å²) >= 11 is 3.39. The molecule has 0 saturated carbocycles. The minimum atomic E-state index is -0.555. The van der Waals surface area contributed by atoms with Gasteiger partial charge < -0.3 is 15.0 Å². The summed E-state index contributed by atoms with van der Waals surface area (Å²) in [6.45, 7) is 1.02. The number of rotatable bonds is 7. The van der Waals surface area contributed by atoms with Gasteiger partial charge in [0.15, 0.2) is 0 Å². The van der Waals surface area contributed by atoms with Crippen LogP contribution in [0.5, 0.6) is 0 Å². The molecule has 1 aromatic rings. The van der Waals surface area contributed by atoms with E-state index in [1.807, 2.05) is 0 Å². The Hall–Kier alpha value is -1.41. The summed E-state index contributed by atoms with van der Waals surface area (Å²) in [6.07, 6.45) is 1.90. The maximum absolute atomic E-state index is 11.6. The molecular formula is C10H14BrN3O4. The number of alkyl halides is 1. The summed E-state index contributed by atoms with van der Waals surface area (Å²) < 4.78 is 4.93. The molecule has 0 aliphatic carbocycles. The summed E-state index contributed by atoms with van der Waals surface area (Å²) in [5, 5.41) is 13.1. The van der Waals surface area contributed by atoms with Crippen LogP contribution >= 0.6 is 15.9 Å². The third-order valence-corrected chi connectivity index (χ3v) is 2.94. The second kappa shape index (κ2) is 7.12. The van der Waals surface area contributed by atoms with Crippen LogP contribution in [0, 0.1) is 10.1 Å². The average molecular weight is 320 g/mol. The number of amides is 1. The maximum Gasteiger partial charge on any atom is 0.287 e. The van der Waals surface area contributed by atoms with Crippen molar-refractivity contribution < 1.29 is 14.5 Å². The van der Waals surface area contributed by atoms with Gasteiger partial charge in [0.25, 0.3) is 11.6 Å². The first-order valence-corrected chi connectivity index (χ1v) is 6.20. The Kier molecular flexibility index (Phi) is 5.79. The van der Waals surface area contributed by atoms with Gasteiger partial charge in [0.05, 0.1) is 17.7 Å². The van der Waals surface area contributed by atoms with Crippen LogP contribution < -0.4 is 5.32 Å².